The summed E-state index contributed by atoms with van der Waals surface area (Å²) in [4.78, 5) is 11.6. The molecule has 1 aromatic rings. The largest absolute Gasteiger partial charge is 0.496 e. The lowest BCUT2D eigenvalue weighted by Gasteiger charge is -2.43. The summed E-state index contributed by atoms with van der Waals surface area (Å²) < 4.78 is 16.1. The van der Waals surface area contributed by atoms with Gasteiger partial charge >= 0.3 is 5.97 Å². The first-order valence-corrected chi connectivity index (χ1v) is 8.07. The van der Waals surface area contributed by atoms with Crippen LogP contribution in [0.15, 0.2) is 18.2 Å². The number of benzene rings is 1. The van der Waals surface area contributed by atoms with Crippen molar-refractivity contribution in [2.75, 3.05) is 14.2 Å². The molecule has 0 spiro atoms. The first-order chi connectivity index (χ1) is 11.1. The van der Waals surface area contributed by atoms with Crippen LogP contribution in [0.25, 0.3) is 0 Å². The molecule has 0 aliphatic heterocycles. The molecule has 0 aliphatic rings. The molecule has 0 amide bonds. The predicted molar refractivity (Wildman–Crippen MR) is 96.5 cm³/mol. The third-order valence-electron chi connectivity index (χ3n) is 4.81. The van der Waals surface area contributed by atoms with Crippen LogP contribution in [0.3, 0.4) is 0 Å². The molecular weight excluding hydrogens is 305 g/mol. The van der Waals surface area contributed by atoms with Crippen LogP contribution in [0.4, 0.5) is 0 Å². The Bertz CT molecular complexity index is 572. The lowest BCUT2D eigenvalue weighted by atomic mass is 9.70. The molecule has 5 nitrogen and oxygen atoms in total. The maximum absolute atomic E-state index is 11.6. The van der Waals surface area contributed by atoms with Crippen LogP contribution in [0.1, 0.15) is 38.8 Å². The summed E-state index contributed by atoms with van der Waals surface area (Å²) in [5.74, 6) is 0.360. The Labute approximate surface area is 146 Å². The van der Waals surface area contributed by atoms with Gasteiger partial charge in [-0.2, -0.15) is 0 Å². The summed E-state index contributed by atoms with van der Waals surface area (Å²) in [7, 11) is 4.69. The number of hydrogen-bond acceptors (Lipinski definition) is 5. The molecule has 1 aromatic carbocycles. The topological polar surface area (TPSA) is 70.8 Å². The molecule has 0 heterocycles. The molecule has 2 N–H and O–H groups in total. The summed E-state index contributed by atoms with van der Waals surface area (Å²) in [5, 5.41) is 0. The van der Waals surface area contributed by atoms with E-state index in [4.69, 9.17) is 19.9 Å². The van der Waals surface area contributed by atoms with Gasteiger partial charge in [0.15, 0.2) is 0 Å². The number of carbonyl (C=O) groups excluding carboxylic acids is 1. The second kappa shape index (κ2) is 8.03. The van der Waals surface area contributed by atoms with Crippen LogP contribution in [0.2, 0.25) is 6.82 Å². The SMILES string of the molecule is C[B]OC(C)(C)C(C)(C)c1cc(CC(N)C(=O)OC)ccc1OC. The summed E-state index contributed by atoms with van der Waals surface area (Å²) in [5.41, 5.74) is 7.06. The summed E-state index contributed by atoms with van der Waals surface area (Å²) in [6, 6.07) is 5.17. The molecule has 133 valence electrons. The smallest absolute Gasteiger partial charge is 0.322 e. The summed E-state index contributed by atoms with van der Waals surface area (Å²) in [6.07, 6.45) is 0.404. The number of nitrogens with two attached hydrogens (primary N) is 1. The average Bonchev–Trinajstić information content (AvgIpc) is 2.53. The van der Waals surface area contributed by atoms with Crippen LogP contribution in [-0.4, -0.2) is 39.3 Å². The highest BCUT2D eigenvalue weighted by molar-refractivity contribution is 6.25. The first-order valence-electron chi connectivity index (χ1n) is 8.07. The van der Waals surface area contributed by atoms with Gasteiger partial charge in [0.25, 0.3) is 7.48 Å². The van der Waals surface area contributed by atoms with E-state index in [0.717, 1.165) is 16.9 Å². The van der Waals surface area contributed by atoms with E-state index in [1.54, 1.807) is 14.6 Å². The number of ether oxygens (including phenoxy) is 2. The van der Waals surface area contributed by atoms with E-state index >= 15 is 0 Å². The molecule has 0 fully saturated rings. The molecule has 0 saturated heterocycles. The van der Waals surface area contributed by atoms with Gasteiger partial charge in [0.2, 0.25) is 0 Å². The van der Waals surface area contributed by atoms with Crippen molar-refractivity contribution in [1.29, 1.82) is 0 Å². The standard InChI is InChI=1S/C18H29BNO4/c1-17(2,18(3,4)24-19-5)13-10-12(8-9-15(13)22-6)11-14(20)16(21)23-7/h8-10,14H,11,20H2,1-7H3. The van der Waals surface area contributed by atoms with Crippen molar-refractivity contribution >= 4 is 13.5 Å². The molecular formula is C18H29BNO4. The van der Waals surface area contributed by atoms with E-state index in [-0.39, 0.29) is 5.41 Å². The minimum absolute atomic E-state index is 0.337. The number of esters is 1. The predicted octanol–water partition coefficient (Wildman–Crippen LogP) is 2.48. The molecule has 0 aromatic heterocycles. The van der Waals surface area contributed by atoms with Crippen molar-refractivity contribution in [3.8, 4) is 5.75 Å². The summed E-state index contributed by atoms with van der Waals surface area (Å²) >= 11 is 0. The van der Waals surface area contributed by atoms with Gasteiger partial charge in [-0.05, 0) is 31.9 Å². The average molecular weight is 334 g/mol. The van der Waals surface area contributed by atoms with Crippen molar-refractivity contribution < 1.29 is 18.9 Å². The molecule has 0 bridgehead atoms. The Morgan fingerprint density at radius 2 is 1.88 bits per heavy atom. The summed E-state index contributed by atoms with van der Waals surface area (Å²) in [6.45, 7) is 10.2. The number of carbonyl (C=O) groups is 1. The van der Waals surface area contributed by atoms with Gasteiger partial charge in [0, 0.05) is 11.0 Å². The molecule has 1 unspecified atom stereocenters. The molecule has 0 saturated carbocycles. The second-order valence-corrected chi connectivity index (χ2v) is 6.86. The van der Waals surface area contributed by atoms with Crippen molar-refractivity contribution in [3.05, 3.63) is 29.3 Å². The monoisotopic (exact) mass is 334 g/mol. The highest BCUT2D eigenvalue weighted by Crippen LogP contribution is 2.42. The van der Waals surface area contributed by atoms with Gasteiger partial charge in [0.1, 0.15) is 11.8 Å². The van der Waals surface area contributed by atoms with Gasteiger partial charge in [-0.15, -0.1) is 0 Å². The molecule has 1 rings (SSSR count). The number of rotatable bonds is 8. The van der Waals surface area contributed by atoms with Crippen LogP contribution in [-0.2, 0) is 26.0 Å². The molecule has 0 aliphatic carbocycles. The lowest BCUT2D eigenvalue weighted by Crippen LogP contribution is -2.46. The van der Waals surface area contributed by atoms with Gasteiger partial charge in [-0.1, -0.05) is 32.8 Å². The Hall–Kier alpha value is -1.53. The zero-order chi connectivity index (χ0) is 18.5. The van der Waals surface area contributed by atoms with E-state index in [2.05, 4.69) is 13.8 Å². The molecule has 1 atom stereocenters. The minimum atomic E-state index is -0.687. The van der Waals surface area contributed by atoms with Crippen molar-refractivity contribution in [2.24, 2.45) is 5.73 Å². The van der Waals surface area contributed by atoms with E-state index in [1.165, 1.54) is 7.11 Å². The van der Waals surface area contributed by atoms with Gasteiger partial charge in [-0.3, -0.25) is 4.79 Å². The van der Waals surface area contributed by atoms with E-state index in [9.17, 15) is 4.79 Å². The van der Waals surface area contributed by atoms with Crippen molar-refractivity contribution in [2.45, 2.75) is 58.0 Å². The van der Waals surface area contributed by atoms with Crippen LogP contribution in [0.5, 0.6) is 5.75 Å². The van der Waals surface area contributed by atoms with E-state index in [0.29, 0.717) is 6.42 Å². The van der Waals surface area contributed by atoms with Gasteiger partial charge in [-0.25, -0.2) is 0 Å². The van der Waals surface area contributed by atoms with E-state index < -0.39 is 17.6 Å². The number of hydrogen-bond donors (Lipinski definition) is 1. The Kier molecular flexibility index (Phi) is 6.87. The minimum Gasteiger partial charge on any atom is -0.496 e. The quantitative estimate of drug-likeness (QED) is 0.584. The number of methoxy groups -OCH3 is 2. The molecule has 6 heteroatoms. The third-order valence-corrected chi connectivity index (χ3v) is 4.81. The fraction of sp³-hybridized carbons (Fsp3) is 0.611. The fourth-order valence-corrected chi connectivity index (χ4v) is 2.63. The highest BCUT2D eigenvalue weighted by Gasteiger charge is 2.40. The second-order valence-electron chi connectivity index (χ2n) is 6.86. The Balaban J connectivity index is 3.26. The van der Waals surface area contributed by atoms with Crippen molar-refractivity contribution in [1.82, 2.24) is 0 Å². The third kappa shape index (κ3) is 4.30. The zero-order valence-corrected chi connectivity index (χ0v) is 15.8. The highest BCUT2D eigenvalue weighted by atomic mass is 16.5. The first kappa shape index (κ1) is 20.5. The van der Waals surface area contributed by atoms with Crippen LogP contribution >= 0.6 is 0 Å². The van der Waals surface area contributed by atoms with Crippen LogP contribution < -0.4 is 10.5 Å². The maximum Gasteiger partial charge on any atom is 0.322 e. The van der Waals surface area contributed by atoms with Gasteiger partial charge in [0.05, 0.1) is 19.8 Å². The van der Waals surface area contributed by atoms with E-state index in [1.807, 2.05) is 38.9 Å². The van der Waals surface area contributed by atoms with Crippen LogP contribution in [0, 0.1) is 0 Å². The molecule has 1 radical (unpaired) electrons. The normalized spacial score (nSPS) is 13.3. The van der Waals surface area contributed by atoms with Gasteiger partial charge < -0.3 is 19.9 Å². The van der Waals surface area contributed by atoms with Crippen molar-refractivity contribution in [3.63, 3.8) is 0 Å². The lowest BCUT2D eigenvalue weighted by molar-refractivity contribution is -0.142. The Morgan fingerprint density at radius 3 is 2.38 bits per heavy atom. The maximum atomic E-state index is 11.6. The molecule has 24 heavy (non-hydrogen) atoms. The zero-order valence-electron chi connectivity index (χ0n) is 15.8. The Morgan fingerprint density at radius 1 is 1.25 bits per heavy atom. The fourth-order valence-electron chi connectivity index (χ4n) is 2.63.